The molecular weight excluding hydrogens is 248 g/mol. The number of hydrogen-bond acceptors (Lipinski definition) is 2. The maximum absolute atomic E-state index is 6.03. The van der Waals surface area contributed by atoms with E-state index in [0.717, 1.165) is 25.2 Å². The van der Waals surface area contributed by atoms with E-state index in [9.17, 15) is 0 Å². The molecule has 102 valence electrons. The molecule has 1 unspecified atom stereocenters. The molecular formula is C15H23ClO2. The topological polar surface area (TPSA) is 18.5 Å². The highest BCUT2D eigenvalue weighted by atomic mass is 35.5. The Morgan fingerprint density at radius 1 is 1.22 bits per heavy atom. The van der Waals surface area contributed by atoms with E-state index in [1.807, 2.05) is 18.2 Å². The van der Waals surface area contributed by atoms with Crippen molar-refractivity contribution in [3.8, 4) is 5.75 Å². The van der Waals surface area contributed by atoms with Gasteiger partial charge in [-0.05, 0) is 44.2 Å². The van der Waals surface area contributed by atoms with Crippen LogP contribution in [0.2, 0.25) is 0 Å². The van der Waals surface area contributed by atoms with Gasteiger partial charge in [-0.25, -0.2) is 0 Å². The van der Waals surface area contributed by atoms with E-state index in [1.54, 1.807) is 7.11 Å². The summed E-state index contributed by atoms with van der Waals surface area (Å²) in [5.74, 6) is 2.03. The molecule has 18 heavy (non-hydrogen) atoms. The van der Waals surface area contributed by atoms with Crippen molar-refractivity contribution in [3.63, 3.8) is 0 Å². The Morgan fingerprint density at radius 3 is 2.56 bits per heavy atom. The van der Waals surface area contributed by atoms with Crippen molar-refractivity contribution in [2.45, 2.75) is 32.8 Å². The molecule has 0 saturated carbocycles. The summed E-state index contributed by atoms with van der Waals surface area (Å²) < 4.78 is 10.9. The van der Waals surface area contributed by atoms with Crippen molar-refractivity contribution in [1.82, 2.24) is 0 Å². The minimum Gasteiger partial charge on any atom is -0.496 e. The second-order valence-corrected chi connectivity index (χ2v) is 5.05. The predicted molar refractivity (Wildman–Crippen MR) is 76.6 cm³/mol. The lowest BCUT2D eigenvalue weighted by molar-refractivity contribution is 0.0699. The minimum absolute atomic E-state index is 0.284. The van der Waals surface area contributed by atoms with Crippen LogP contribution >= 0.6 is 11.6 Å². The first-order chi connectivity index (χ1) is 8.67. The second-order valence-electron chi connectivity index (χ2n) is 4.74. The van der Waals surface area contributed by atoms with Crippen LogP contribution < -0.4 is 4.74 Å². The van der Waals surface area contributed by atoms with Crippen molar-refractivity contribution in [1.29, 1.82) is 0 Å². The summed E-state index contributed by atoms with van der Waals surface area (Å²) in [4.78, 5) is 0. The summed E-state index contributed by atoms with van der Waals surface area (Å²) in [6.07, 6.45) is 2.21. The number of alkyl halides is 1. The van der Waals surface area contributed by atoms with Crippen molar-refractivity contribution in [2.75, 3.05) is 19.6 Å². The van der Waals surface area contributed by atoms with Gasteiger partial charge in [-0.15, -0.1) is 11.6 Å². The molecule has 1 aromatic rings. The molecule has 1 atom stereocenters. The Morgan fingerprint density at radius 2 is 1.94 bits per heavy atom. The van der Waals surface area contributed by atoms with Gasteiger partial charge in [-0.3, -0.25) is 0 Å². The molecule has 0 aromatic heterocycles. The maximum Gasteiger partial charge on any atom is 0.122 e. The Hall–Kier alpha value is -0.730. The highest BCUT2D eigenvalue weighted by Crippen LogP contribution is 2.23. The SMILES string of the molecule is COc1ccccc1CC(CCl)CCOC(C)C. The summed E-state index contributed by atoms with van der Waals surface area (Å²) in [7, 11) is 1.70. The summed E-state index contributed by atoms with van der Waals surface area (Å²) in [5, 5.41) is 0. The van der Waals surface area contributed by atoms with Crippen LogP contribution in [0, 0.1) is 5.92 Å². The number of ether oxygens (including phenoxy) is 2. The van der Waals surface area contributed by atoms with Crippen molar-refractivity contribution in [3.05, 3.63) is 29.8 Å². The molecule has 0 heterocycles. The lowest BCUT2D eigenvalue weighted by Gasteiger charge is -2.17. The average Bonchev–Trinajstić information content (AvgIpc) is 2.37. The average molecular weight is 271 g/mol. The molecule has 0 bridgehead atoms. The van der Waals surface area contributed by atoms with Crippen LogP contribution in [0.25, 0.3) is 0 Å². The van der Waals surface area contributed by atoms with Gasteiger partial charge in [0.05, 0.1) is 13.2 Å². The molecule has 0 aliphatic heterocycles. The number of hydrogen-bond donors (Lipinski definition) is 0. The van der Waals surface area contributed by atoms with Gasteiger partial charge in [0.2, 0.25) is 0 Å². The molecule has 0 spiro atoms. The van der Waals surface area contributed by atoms with Gasteiger partial charge in [0.25, 0.3) is 0 Å². The number of benzene rings is 1. The first-order valence-electron chi connectivity index (χ1n) is 6.46. The minimum atomic E-state index is 0.284. The first-order valence-corrected chi connectivity index (χ1v) is 7.00. The van der Waals surface area contributed by atoms with Crippen molar-refractivity contribution < 1.29 is 9.47 Å². The molecule has 0 radical (unpaired) electrons. The molecule has 2 nitrogen and oxygen atoms in total. The van der Waals surface area contributed by atoms with Crippen LogP contribution in [0.15, 0.2) is 24.3 Å². The van der Waals surface area contributed by atoms with Crippen LogP contribution in [-0.2, 0) is 11.2 Å². The molecule has 1 rings (SSSR count). The normalized spacial score (nSPS) is 12.7. The monoisotopic (exact) mass is 270 g/mol. The van der Waals surface area contributed by atoms with Crippen LogP contribution in [-0.4, -0.2) is 25.7 Å². The Kier molecular flexibility index (Phi) is 7.14. The third kappa shape index (κ3) is 5.28. The van der Waals surface area contributed by atoms with Crippen LogP contribution in [0.3, 0.4) is 0 Å². The number of para-hydroxylation sites is 1. The van der Waals surface area contributed by atoms with E-state index in [2.05, 4.69) is 19.9 Å². The Balaban J connectivity index is 2.51. The number of methoxy groups -OCH3 is 1. The third-order valence-electron chi connectivity index (χ3n) is 2.90. The fraction of sp³-hybridized carbons (Fsp3) is 0.600. The molecule has 3 heteroatoms. The van der Waals surface area contributed by atoms with Crippen LogP contribution in [0.4, 0.5) is 0 Å². The molecule has 0 aliphatic rings. The number of rotatable bonds is 8. The molecule has 0 aliphatic carbocycles. The van der Waals surface area contributed by atoms with E-state index in [1.165, 1.54) is 5.56 Å². The van der Waals surface area contributed by atoms with Gasteiger partial charge in [0.1, 0.15) is 5.75 Å². The largest absolute Gasteiger partial charge is 0.496 e. The van der Waals surface area contributed by atoms with Crippen LogP contribution in [0.5, 0.6) is 5.75 Å². The third-order valence-corrected chi connectivity index (χ3v) is 3.33. The summed E-state index contributed by atoms with van der Waals surface area (Å²) in [6, 6.07) is 8.11. The van der Waals surface area contributed by atoms with E-state index in [0.29, 0.717) is 11.8 Å². The molecule has 0 amide bonds. The van der Waals surface area contributed by atoms with E-state index < -0.39 is 0 Å². The van der Waals surface area contributed by atoms with E-state index in [4.69, 9.17) is 21.1 Å². The van der Waals surface area contributed by atoms with Crippen molar-refractivity contribution in [2.24, 2.45) is 5.92 Å². The maximum atomic E-state index is 6.03. The second kappa shape index (κ2) is 8.39. The van der Waals surface area contributed by atoms with E-state index in [-0.39, 0.29) is 6.10 Å². The zero-order valence-electron chi connectivity index (χ0n) is 11.5. The Labute approximate surface area is 115 Å². The standard InChI is InChI=1S/C15H23ClO2/c1-12(2)18-9-8-13(11-16)10-14-6-4-5-7-15(14)17-3/h4-7,12-13H,8-11H2,1-3H3. The summed E-state index contributed by atoms with van der Waals surface area (Å²) in [6.45, 7) is 4.87. The molecule has 0 saturated heterocycles. The quantitative estimate of drug-likeness (QED) is 0.667. The van der Waals surface area contributed by atoms with Crippen LogP contribution in [0.1, 0.15) is 25.8 Å². The zero-order chi connectivity index (χ0) is 13.4. The summed E-state index contributed by atoms with van der Waals surface area (Å²) >= 11 is 6.03. The fourth-order valence-corrected chi connectivity index (χ4v) is 2.15. The summed E-state index contributed by atoms with van der Waals surface area (Å²) in [5.41, 5.74) is 1.22. The van der Waals surface area contributed by atoms with Gasteiger partial charge in [0.15, 0.2) is 0 Å². The highest BCUT2D eigenvalue weighted by Gasteiger charge is 2.12. The Bertz CT molecular complexity index is 339. The first kappa shape index (κ1) is 15.3. The van der Waals surface area contributed by atoms with Gasteiger partial charge in [0, 0.05) is 12.5 Å². The highest BCUT2D eigenvalue weighted by molar-refractivity contribution is 6.18. The van der Waals surface area contributed by atoms with Gasteiger partial charge in [-0.2, -0.15) is 0 Å². The van der Waals surface area contributed by atoms with Crippen molar-refractivity contribution >= 4 is 11.6 Å². The van der Waals surface area contributed by atoms with Gasteiger partial charge in [-0.1, -0.05) is 18.2 Å². The molecule has 0 fully saturated rings. The predicted octanol–water partition coefficient (Wildman–Crippen LogP) is 3.91. The smallest absolute Gasteiger partial charge is 0.122 e. The number of halogens is 1. The van der Waals surface area contributed by atoms with E-state index >= 15 is 0 Å². The lowest BCUT2D eigenvalue weighted by atomic mass is 9.97. The molecule has 1 aromatic carbocycles. The van der Waals surface area contributed by atoms with Gasteiger partial charge < -0.3 is 9.47 Å². The zero-order valence-corrected chi connectivity index (χ0v) is 12.2. The molecule has 0 N–H and O–H groups in total. The van der Waals surface area contributed by atoms with Gasteiger partial charge >= 0.3 is 0 Å². The lowest BCUT2D eigenvalue weighted by Crippen LogP contribution is -2.13. The fourth-order valence-electron chi connectivity index (χ4n) is 1.89.